The van der Waals surface area contributed by atoms with Crippen LogP contribution in [0.15, 0.2) is 18.6 Å². The molecule has 0 radical (unpaired) electrons. The minimum atomic E-state index is -1.14. The Balaban J connectivity index is 1.38. The van der Waals surface area contributed by atoms with Crippen molar-refractivity contribution < 1.29 is 9.90 Å². The van der Waals surface area contributed by atoms with Gasteiger partial charge in [0, 0.05) is 49.8 Å². The molecule has 138 valence electrons. The summed E-state index contributed by atoms with van der Waals surface area (Å²) in [6, 6.07) is 0.289. The van der Waals surface area contributed by atoms with E-state index in [9.17, 15) is 9.90 Å². The van der Waals surface area contributed by atoms with Gasteiger partial charge in [-0.25, -0.2) is 9.97 Å². The van der Waals surface area contributed by atoms with Crippen LogP contribution in [0.5, 0.6) is 0 Å². The highest BCUT2D eigenvalue weighted by Gasteiger charge is 2.48. The highest BCUT2D eigenvalue weighted by molar-refractivity contribution is 5.82. The number of aliphatic hydroxyl groups excluding tert-OH is 1. The van der Waals surface area contributed by atoms with Crippen LogP contribution in [0.2, 0.25) is 0 Å². The zero-order valence-electron chi connectivity index (χ0n) is 15.3. The molecular formula is C18H24N6O2. The van der Waals surface area contributed by atoms with E-state index in [0.29, 0.717) is 36.4 Å². The summed E-state index contributed by atoms with van der Waals surface area (Å²) in [7, 11) is 1.77. The van der Waals surface area contributed by atoms with Crippen LogP contribution in [0.1, 0.15) is 29.3 Å². The second-order valence-corrected chi connectivity index (χ2v) is 7.48. The van der Waals surface area contributed by atoms with E-state index in [2.05, 4.69) is 20.4 Å². The first-order chi connectivity index (χ1) is 12.4. The maximum atomic E-state index is 12.6. The van der Waals surface area contributed by atoms with Crippen molar-refractivity contribution in [1.82, 2.24) is 24.6 Å². The molecule has 3 aliphatic rings. The Morgan fingerprint density at radius 3 is 2.65 bits per heavy atom. The topological polar surface area (TPSA) is 96.2 Å². The SMILES string of the molecule is Cc1cnc(NC2C3CC2CN(C(=O)C(O)c2cnn(C)c2)C3)nc1C. The maximum absolute atomic E-state index is 12.6. The lowest BCUT2D eigenvalue weighted by Gasteiger charge is -2.53. The Labute approximate surface area is 152 Å². The van der Waals surface area contributed by atoms with Crippen LogP contribution in [0.4, 0.5) is 5.95 Å². The van der Waals surface area contributed by atoms with E-state index in [4.69, 9.17) is 0 Å². The van der Waals surface area contributed by atoms with Crippen molar-refractivity contribution in [1.29, 1.82) is 0 Å². The molecule has 2 aromatic rings. The molecule has 0 aromatic carbocycles. The highest BCUT2D eigenvalue weighted by atomic mass is 16.3. The van der Waals surface area contributed by atoms with Crippen LogP contribution in [0.3, 0.4) is 0 Å². The number of nitrogens with one attached hydrogen (secondary N) is 1. The van der Waals surface area contributed by atoms with Crippen molar-refractivity contribution in [3.05, 3.63) is 35.4 Å². The number of fused-ring (bicyclic) bond motifs is 2. The molecule has 0 spiro atoms. The summed E-state index contributed by atoms with van der Waals surface area (Å²) in [6.45, 7) is 5.27. The fourth-order valence-corrected chi connectivity index (χ4v) is 3.95. The standard InChI is InChI=1S/C18H24N6O2/c1-10-5-19-18(21-11(10)2)22-15-12-4-13(15)9-24(8-12)17(26)16(25)14-6-20-23(3)7-14/h5-7,12-13,15-16,25H,4,8-9H2,1-3H3,(H,19,21,22). The Bertz CT molecular complexity index is 823. The quantitative estimate of drug-likeness (QED) is 0.842. The third-order valence-electron chi connectivity index (χ3n) is 5.64. The van der Waals surface area contributed by atoms with Crippen molar-refractivity contribution in [3.63, 3.8) is 0 Å². The average Bonchev–Trinajstić information content (AvgIpc) is 3.07. The molecule has 26 heavy (non-hydrogen) atoms. The predicted molar refractivity (Wildman–Crippen MR) is 95.3 cm³/mol. The fourth-order valence-electron chi connectivity index (χ4n) is 3.95. The molecule has 2 aromatic heterocycles. The maximum Gasteiger partial charge on any atom is 0.256 e. The van der Waals surface area contributed by atoms with Crippen molar-refractivity contribution >= 4 is 11.9 Å². The van der Waals surface area contributed by atoms with Gasteiger partial charge in [0.05, 0.1) is 6.20 Å². The molecule has 1 amide bonds. The van der Waals surface area contributed by atoms with E-state index >= 15 is 0 Å². The van der Waals surface area contributed by atoms with Crippen LogP contribution in [-0.2, 0) is 11.8 Å². The normalized spacial score (nSPS) is 25.5. The van der Waals surface area contributed by atoms with E-state index in [0.717, 1.165) is 17.7 Å². The van der Waals surface area contributed by atoms with Crippen LogP contribution in [0.25, 0.3) is 0 Å². The van der Waals surface area contributed by atoms with Gasteiger partial charge in [0.1, 0.15) is 0 Å². The van der Waals surface area contributed by atoms with Crippen molar-refractivity contribution in [3.8, 4) is 0 Å². The lowest BCUT2D eigenvalue weighted by Crippen LogP contribution is -2.62. The van der Waals surface area contributed by atoms with E-state index in [-0.39, 0.29) is 11.9 Å². The molecule has 2 saturated heterocycles. The minimum absolute atomic E-state index is 0.242. The van der Waals surface area contributed by atoms with Gasteiger partial charge in [0.2, 0.25) is 5.95 Å². The predicted octanol–water partition coefficient (Wildman–Crippen LogP) is 0.819. The van der Waals surface area contributed by atoms with Gasteiger partial charge in [-0.3, -0.25) is 9.48 Å². The number of hydrogen-bond donors (Lipinski definition) is 2. The summed E-state index contributed by atoms with van der Waals surface area (Å²) in [4.78, 5) is 23.2. The molecule has 4 heterocycles. The monoisotopic (exact) mass is 356 g/mol. The molecule has 8 nitrogen and oxygen atoms in total. The number of aromatic nitrogens is 4. The number of aryl methyl sites for hydroxylation is 3. The zero-order valence-corrected chi connectivity index (χ0v) is 15.3. The zero-order chi connectivity index (χ0) is 18.4. The van der Waals surface area contributed by atoms with Gasteiger partial charge in [-0.05, 0) is 37.7 Å². The number of carbonyl (C=O) groups excluding carboxylic acids is 1. The van der Waals surface area contributed by atoms with E-state index < -0.39 is 6.10 Å². The highest BCUT2D eigenvalue weighted by Crippen LogP contribution is 2.42. The van der Waals surface area contributed by atoms with Gasteiger partial charge in [-0.15, -0.1) is 0 Å². The van der Waals surface area contributed by atoms with Crippen molar-refractivity contribution in [2.75, 3.05) is 18.4 Å². The Hall–Kier alpha value is -2.48. The summed E-state index contributed by atoms with van der Waals surface area (Å²) in [5.74, 6) is 1.14. The number of amides is 1. The van der Waals surface area contributed by atoms with Gasteiger partial charge in [0.15, 0.2) is 6.10 Å². The smallest absolute Gasteiger partial charge is 0.256 e. The first kappa shape index (κ1) is 17.0. The fraction of sp³-hybridized carbons (Fsp3) is 0.556. The number of piperidine rings is 2. The van der Waals surface area contributed by atoms with Gasteiger partial charge in [-0.2, -0.15) is 5.10 Å². The molecular weight excluding hydrogens is 332 g/mol. The second kappa shape index (κ2) is 6.35. The first-order valence-electron chi connectivity index (χ1n) is 8.94. The summed E-state index contributed by atoms with van der Waals surface area (Å²) in [5, 5.41) is 17.8. The third kappa shape index (κ3) is 2.94. The van der Waals surface area contributed by atoms with E-state index in [1.807, 2.05) is 20.0 Å². The number of rotatable bonds is 4. The summed E-state index contributed by atoms with van der Waals surface area (Å²) in [5.41, 5.74) is 2.59. The molecule has 8 heteroatoms. The number of aliphatic hydroxyl groups is 1. The molecule has 1 aliphatic carbocycles. The van der Waals surface area contributed by atoms with Crippen LogP contribution >= 0.6 is 0 Å². The van der Waals surface area contributed by atoms with Gasteiger partial charge < -0.3 is 15.3 Å². The first-order valence-corrected chi connectivity index (χ1v) is 8.94. The number of hydrogen-bond acceptors (Lipinski definition) is 6. The Morgan fingerprint density at radius 1 is 1.31 bits per heavy atom. The van der Waals surface area contributed by atoms with Crippen molar-refractivity contribution in [2.24, 2.45) is 18.9 Å². The van der Waals surface area contributed by atoms with Crippen LogP contribution in [-0.4, -0.2) is 54.8 Å². The summed E-state index contributed by atoms with van der Waals surface area (Å²) in [6.07, 6.45) is 4.99. The average molecular weight is 356 g/mol. The number of carbonyl (C=O) groups is 1. The molecule has 3 fully saturated rings. The lowest BCUT2D eigenvalue weighted by molar-refractivity contribution is -0.147. The van der Waals surface area contributed by atoms with Gasteiger partial charge in [0.25, 0.3) is 5.91 Å². The summed E-state index contributed by atoms with van der Waals surface area (Å²) < 4.78 is 1.59. The molecule has 3 unspecified atom stereocenters. The molecule has 5 rings (SSSR count). The lowest BCUT2D eigenvalue weighted by atomic mass is 9.66. The minimum Gasteiger partial charge on any atom is -0.378 e. The molecule has 1 saturated carbocycles. The van der Waals surface area contributed by atoms with Gasteiger partial charge in [-0.1, -0.05) is 0 Å². The Morgan fingerprint density at radius 2 is 2.04 bits per heavy atom. The second-order valence-electron chi connectivity index (χ2n) is 7.48. The van der Waals surface area contributed by atoms with Crippen molar-refractivity contribution in [2.45, 2.75) is 32.4 Å². The molecule has 2 bridgehead atoms. The number of nitrogens with zero attached hydrogens (tertiary/aromatic N) is 5. The van der Waals surface area contributed by atoms with E-state index in [1.165, 1.54) is 6.20 Å². The summed E-state index contributed by atoms with van der Waals surface area (Å²) >= 11 is 0. The largest absolute Gasteiger partial charge is 0.378 e. The molecule has 2 N–H and O–H groups in total. The van der Waals surface area contributed by atoms with Crippen LogP contribution < -0.4 is 5.32 Å². The van der Waals surface area contributed by atoms with Gasteiger partial charge >= 0.3 is 0 Å². The van der Waals surface area contributed by atoms with E-state index in [1.54, 1.807) is 22.8 Å². The number of anilines is 1. The molecule has 2 aliphatic heterocycles. The molecule has 3 atom stereocenters. The van der Waals surface area contributed by atoms with Crippen LogP contribution in [0, 0.1) is 25.7 Å². The Kier molecular flexibility index (Phi) is 4.14. The third-order valence-corrected chi connectivity index (χ3v) is 5.64.